The minimum Gasteiger partial charge on any atom is -0.497 e. The zero-order valence-electron chi connectivity index (χ0n) is 16.3. The van der Waals surface area contributed by atoms with Gasteiger partial charge in [-0.3, -0.25) is 4.79 Å². The van der Waals surface area contributed by atoms with Crippen molar-refractivity contribution >= 4 is 5.91 Å². The molecule has 1 unspecified atom stereocenters. The van der Waals surface area contributed by atoms with Crippen molar-refractivity contribution in [3.63, 3.8) is 0 Å². The maximum Gasteiger partial charge on any atom is 0.270 e. The molecule has 144 valence electrons. The Bertz CT molecular complexity index is 921. The van der Waals surface area contributed by atoms with Crippen molar-refractivity contribution in [1.82, 2.24) is 10.3 Å². The molecule has 0 fully saturated rings. The van der Waals surface area contributed by atoms with E-state index in [9.17, 15) is 4.79 Å². The van der Waals surface area contributed by atoms with Gasteiger partial charge in [0.2, 0.25) is 0 Å². The molecule has 3 rings (SSSR count). The van der Waals surface area contributed by atoms with E-state index in [1.54, 1.807) is 20.3 Å². The summed E-state index contributed by atoms with van der Waals surface area (Å²) in [6.45, 7) is 1.87. The molecule has 1 atom stereocenters. The van der Waals surface area contributed by atoms with Crippen LogP contribution in [0.2, 0.25) is 0 Å². The molecule has 2 aromatic carbocycles. The number of methoxy groups -OCH3 is 2. The van der Waals surface area contributed by atoms with E-state index in [0.717, 1.165) is 28.3 Å². The van der Waals surface area contributed by atoms with Crippen LogP contribution in [0.3, 0.4) is 0 Å². The van der Waals surface area contributed by atoms with Gasteiger partial charge in [-0.15, -0.1) is 0 Å². The monoisotopic (exact) mass is 376 g/mol. The normalized spacial score (nSPS) is 11.5. The molecule has 1 heterocycles. The van der Waals surface area contributed by atoms with E-state index in [0.29, 0.717) is 12.1 Å². The fourth-order valence-corrected chi connectivity index (χ4v) is 2.99. The SMILES string of the molecule is COc1ccc(CC(NC(=O)c2cccc(C)n2)c2ccc(OC)cc2)cc1. The number of carbonyl (C=O) groups is 1. The second kappa shape index (κ2) is 9.04. The largest absolute Gasteiger partial charge is 0.497 e. The highest BCUT2D eigenvalue weighted by atomic mass is 16.5. The van der Waals surface area contributed by atoms with Gasteiger partial charge in [0.15, 0.2) is 0 Å². The average molecular weight is 376 g/mol. The molecule has 3 aromatic rings. The molecule has 0 aliphatic rings. The van der Waals surface area contributed by atoms with Crippen molar-refractivity contribution in [2.45, 2.75) is 19.4 Å². The van der Waals surface area contributed by atoms with Gasteiger partial charge in [0, 0.05) is 5.69 Å². The number of nitrogens with one attached hydrogen (secondary N) is 1. The molecule has 28 heavy (non-hydrogen) atoms. The summed E-state index contributed by atoms with van der Waals surface area (Å²) < 4.78 is 10.5. The van der Waals surface area contributed by atoms with Gasteiger partial charge in [-0.05, 0) is 60.9 Å². The molecule has 0 spiro atoms. The molecular formula is C23H24N2O3. The molecular weight excluding hydrogens is 352 g/mol. The lowest BCUT2D eigenvalue weighted by molar-refractivity contribution is 0.0931. The molecule has 1 amide bonds. The molecule has 0 aliphatic heterocycles. The van der Waals surface area contributed by atoms with E-state index in [4.69, 9.17) is 9.47 Å². The first-order valence-electron chi connectivity index (χ1n) is 9.10. The van der Waals surface area contributed by atoms with Gasteiger partial charge in [-0.1, -0.05) is 30.3 Å². The average Bonchev–Trinajstić information content (AvgIpc) is 2.74. The van der Waals surface area contributed by atoms with Gasteiger partial charge < -0.3 is 14.8 Å². The van der Waals surface area contributed by atoms with Crippen LogP contribution in [0.4, 0.5) is 0 Å². The number of rotatable bonds is 7. The number of pyridine rings is 1. The molecule has 0 bridgehead atoms. The minimum atomic E-state index is -0.200. The van der Waals surface area contributed by atoms with Gasteiger partial charge in [0.1, 0.15) is 17.2 Å². The predicted octanol–water partition coefficient (Wildman–Crippen LogP) is 4.12. The predicted molar refractivity (Wildman–Crippen MR) is 109 cm³/mol. The van der Waals surface area contributed by atoms with Crippen LogP contribution in [0.25, 0.3) is 0 Å². The molecule has 0 saturated carbocycles. The molecule has 5 nitrogen and oxygen atoms in total. The third-order valence-electron chi connectivity index (χ3n) is 4.54. The van der Waals surface area contributed by atoms with Gasteiger partial charge in [-0.2, -0.15) is 0 Å². The summed E-state index contributed by atoms with van der Waals surface area (Å²) in [5, 5.41) is 3.12. The van der Waals surface area contributed by atoms with Crippen LogP contribution in [-0.4, -0.2) is 25.1 Å². The number of hydrogen-bond donors (Lipinski definition) is 1. The minimum absolute atomic E-state index is 0.196. The number of hydrogen-bond acceptors (Lipinski definition) is 4. The first kappa shape index (κ1) is 19.4. The van der Waals surface area contributed by atoms with Gasteiger partial charge in [-0.25, -0.2) is 4.98 Å². The smallest absolute Gasteiger partial charge is 0.270 e. The van der Waals surface area contributed by atoms with Crippen molar-refractivity contribution in [1.29, 1.82) is 0 Å². The van der Waals surface area contributed by atoms with Crippen LogP contribution in [0.5, 0.6) is 11.5 Å². The number of ether oxygens (including phenoxy) is 2. The Morgan fingerprint density at radius 1 is 0.929 bits per heavy atom. The fourth-order valence-electron chi connectivity index (χ4n) is 2.99. The van der Waals surface area contributed by atoms with E-state index in [1.165, 1.54) is 0 Å². The second-order valence-corrected chi connectivity index (χ2v) is 6.52. The second-order valence-electron chi connectivity index (χ2n) is 6.52. The summed E-state index contributed by atoms with van der Waals surface area (Å²) >= 11 is 0. The van der Waals surface area contributed by atoms with E-state index in [-0.39, 0.29) is 11.9 Å². The van der Waals surface area contributed by atoms with E-state index in [2.05, 4.69) is 10.3 Å². The number of aromatic nitrogens is 1. The van der Waals surface area contributed by atoms with Crippen LogP contribution in [0, 0.1) is 6.92 Å². The summed E-state index contributed by atoms with van der Waals surface area (Å²) in [5.74, 6) is 1.38. The number of carbonyl (C=O) groups excluding carboxylic acids is 1. The van der Waals surface area contributed by atoms with Crippen molar-refractivity contribution in [2.24, 2.45) is 0 Å². The Morgan fingerprint density at radius 3 is 2.11 bits per heavy atom. The number of benzene rings is 2. The summed E-state index contributed by atoms with van der Waals surface area (Å²) in [4.78, 5) is 17.1. The van der Waals surface area contributed by atoms with Crippen molar-refractivity contribution in [2.75, 3.05) is 14.2 Å². The van der Waals surface area contributed by atoms with Gasteiger partial charge in [0.25, 0.3) is 5.91 Å². The van der Waals surface area contributed by atoms with Crippen molar-refractivity contribution in [3.05, 3.63) is 89.2 Å². The molecule has 0 aliphatic carbocycles. The zero-order chi connectivity index (χ0) is 19.9. The van der Waals surface area contributed by atoms with Crippen molar-refractivity contribution < 1.29 is 14.3 Å². The highest BCUT2D eigenvalue weighted by molar-refractivity contribution is 5.92. The maximum atomic E-state index is 12.8. The lowest BCUT2D eigenvalue weighted by Gasteiger charge is -2.20. The Morgan fingerprint density at radius 2 is 1.54 bits per heavy atom. The van der Waals surface area contributed by atoms with Crippen LogP contribution < -0.4 is 14.8 Å². The van der Waals surface area contributed by atoms with E-state index >= 15 is 0 Å². The van der Waals surface area contributed by atoms with Gasteiger partial charge in [0.05, 0.1) is 20.3 Å². The third kappa shape index (κ3) is 4.88. The summed E-state index contributed by atoms with van der Waals surface area (Å²) in [6, 6.07) is 20.8. The lowest BCUT2D eigenvalue weighted by Crippen LogP contribution is -2.30. The summed E-state index contributed by atoms with van der Waals surface area (Å²) in [7, 11) is 3.28. The first-order valence-corrected chi connectivity index (χ1v) is 9.10. The third-order valence-corrected chi connectivity index (χ3v) is 4.54. The Balaban J connectivity index is 1.85. The van der Waals surface area contributed by atoms with Crippen LogP contribution in [0.1, 0.15) is 33.4 Å². The number of nitrogens with zero attached hydrogens (tertiary/aromatic N) is 1. The van der Waals surface area contributed by atoms with Crippen LogP contribution in [0.15, 0.2) is 66.7 Å². The summed E-state index contributed by atoms with van der Waals surface area (Å²) in [5.41, 5.74) is 3.31. The van der Waals surface area contributed by atoms with E-state index < -0.39 is 0 Å². The van der Waals surface area contributed by atoms with Gasteiger partial charge >= 0.3 is 0 Å². The highest BCUT2D eigenvalue weighted by Gasteiger charge is 2.18. The van der Waals surface area contributed by atoms with Crippen LogP contribution >= 0.6 is 0 Å². The first-order chi connectivity index (χ1) is 13.6. The Labute approximate surface area is 165 Å². The zero-order valence-corrected chi connectivity index (χ0v) is 16.3. The maximum absolute atomic E-state index is 12.8. The molecule has 0 saturated heterocycles. The Hall–Kier alpha value is -3.34. The van der Waals surface area contributed by atoms with Crippen molar-refractivity contribution in [3.8, 4) is 11.5 Å². The quantitative estimate of drug-likeness (QED) is 0.674. The Kier molecular flexibility index (Phi) is 6.27. The topological polar surface area (TPSA) is 60.5 Å². The van der Waals surface area contributed by atoms with E-state index in [1.807, 2.05) is 67.6 Å². The number of aryl methyl sites for hydroxylation is 1. The summed E-state index contributed by atoms with van der Waals surface area (Å²) in [6.07, 6.45) is 0.647. The molecule has 5 heteroatoms. The molecule has 1 N–H and O–H groups in total. The standard InChI is InChI=1S/C23H24N2O3/c1-16-5-4-6-21(24-16)23(26)25-22(18-9-13-20(28-3)14-10-18)15-17-7-11-19(27-2)12-8-17/h4-14,22H,15H2,1-3H3,(H,25,26). The molecule has 1 aromatic heterocycles. The fraction of sp³-hybridized carbons (Fsp3) is 0.217. The number of amides is 1. The van der Waals surface area contributed by atoms with Crippen LogP contribution in [-0.2, 0) is 6.42 Å². The highest BCUT2D eigenvalue weighted by Crippen LogP contribution is 2.23. The molecule has 0 radical (unpaired) electrons. The lowest BCUT2D eigenvalue weighted by atomic mass is 9.98.